The first-order valence-corrected chi connectivity index (χ1v) is 8.93. The maximum atomic E-state index is 12.6. The molecule has 1 atom stereocenters. The molecule has 1 amide bonds. The van der Waals surface area contributed by atoms with Crippen LogP contribution in [0.1, 0.15) is 22.0 Å². The van der Waals surface area contributed by atoms with Gasteiger partial charge in [0.1, 0.15) is 6.10 Å². The maximum absolute atomic E-state index is 12.6. The number of benzene rings is 1. The van der Waals surface area contributed by atoms with Gasteiger partial charge in [0.15, 0.2) is 0 Å². The van der Waals surface area contributed by atoms with Crippen LogP contribution >= 0.6 is 0 Å². The number of morpholine rings is 1. The number of aromatic nitrogens is 1. The summed E-state index contributed by atoms with van der Waals surface area (Å²) in [5.41, 5.74) is 1.33. The lowest BCUT2D eigenvalue weighted by Gasteiger charge is -2.33. The fourth-order valence-electron chi connectivity index (χ4n) is 2.57. The van der Waals surface area contributed by atoms with E-state index < -0.39 is 10.0 Å². The number of nitrogens with zero attached hydrogens (tertiary/aromatic N) is 2. The van der Waals surface area contributed by atoms with Crippen LogP contribution in [0.4, 0.5) is 0 Å². The molecule has 0 aliphatic carbocycles. The van der Waals surface area contributed by atoms with Gasteiger partial charge < -0.3 is 9.64 Å². The summed E-state index contributed by atoms with van der Waals surface area (Å²) in [5, 5.41) is 5.06. The average Bonchev–Trinajstić information content (AvgIpc) is 2.61. The molecule has 0 spiro atoms. The number of ether oxygens (including phenoxy) is 1. The Kier molecular flexibility index (Phi) is 4.61. The predicted octanol–water partition coefficient (Wildman–Crippen LogP) is 0.943. The van der Waals surface area contributed by atoms with Gasteiger partial charge in [-0.05, 0) is 30.3 Å². The maximum Gasteiger partial charge on any atom is 0.254 e. The van der Waals surface area contributed by atoms with Gasteiger partial charge in [-0.2, -0.15) is 0 Å². The Morgan fingerprint density at radius 3 is 2.62 bits per heavy atom. The van der Waals surface area contributed by atoms with Crippen molar-refractivity contribution in [3.05, 3.63) is 59.9 Å². The summed E-state index contributed by atoms with van der Waals surface area (Å²) >= 11 is 0. The molecule has 1 aliphatic heterocycles. The molecule has 0 radical (unpaired) electrons. The fraction of sp³-hybridized carbons (Fsp3) is 0.250. The first-order valence-electron chi connectivity index (χ1n) is 7.39. The van der Waals surface area contributed by atoms with Crippen molar-refractivity contribution < 1.29 is 17.9 Å². The van der Waals surface area contributed by atoms with Crippen LogP contribution in [0.5, 0.6) is 0 Å². The van der Waals surface area contributed by atoms with E-state index in [1.54, 1.807) is 17.3 Å². The number of sulfonamides is 1. The van der Waals surface area contributed by atoms with Crippen LogP contribution in [0, 0.1) is 0 Å². The number of hydrogen-bond acceptors (Lipinski definition) is 5. The monoisotopic (exact) mass is 347 g/mol. The van der Waals surface area contributed by atoms with Gasteiger partial charge in [-0.25, -0.2) is 13.6 Å². The number of pyridine rings is 1. The normalized spacial score (nSPS) is 18.4. The molecule has 24 heavy (non-hydrogen) atoms. The number of carbonyl (C=O) groups is 1. The molecule has 3 rings (SSSR count). The van der Waals surface area contributed by atoms with Gasteiger partial charge in [-0.15, -0.1) is 0 Å². The molecule has 1 unspecified atom stereocenters. The molecule has 7 nitrogen and oxygen atoms in total. The van der Waals surface area contributed by atoms with Crippen LogP contribution in [0.3, 0.4) is 0 Å². The van der Waals surface area contributed by atoms with E-state index in [4.69, 9.17) is 9.88 Å². The topological polar surface area (TPSA) is 103 Å². The van der Waals surface area contributed by atoms with Gasteiger partial charge in [0, 0.05) is 30.1 Å². The second kappa shape index (κ2) is 6.68. The lowest BCUT2D eigenvalue weighted by atomic mass is 10.1. The van der Waals surface area contributed by atoms with Crippen LogP contribution in [0.2, 0.25) is 0 Å². The molecule has 1 aromatic heterocycles. The third-order valence-electron chi connectivity index (χ3n) is 3.84. The van der Waals surface area contributed by atoms with Gasteiger partial charge in [0.25, 0.3) is 5.91 Å². The fourth-order valence-corrected chi connectivity index (χ4v) is 3.09. The van der Waals surface area contributed by atoms with Gasteiger partial charge in [-0.1, -0.05) is 6.07 Å². The predicted molar refractivity (Wildman–Crippen MR) is 86.6 cm³/mol. The SMILES string of the molecule is NS(=O)(=O)c1ccc(C(=O)N2CCOC(c3cccnc3)C2)cc1. The molecule has 1 aliphatic rings. The van der Waals surface area contributed by atoms with Crippen molar-refractivity contribution in [1.29, 1.82) is 0 Å². The van der Waals surface area contributed by atoms with Crippen molar-refractivity contribution in [2.45, 2.75) is 11.0 Å². The summed E-state index contributed by atoms with van der Waals surface area (Å²) in [4.78, 5) is 18.3. The van der Waals surface area contributed by atoms with E-state index in [0.29, 0.717) is 25.3 Å². The smallest absolute Gasteiger partial charge is 0.254 e. The summed E-state index contributed by atoms with van der Waals surface area (Å²) in [5.74, 6) is -0.173. The third-order valence-corrected chi connectivity index (χ3v) is 4.77. The van der Waals surface area contributed by atoms with E-state index >= 15 is 0 Å². The number of hydrogen-bond donors (Lipinski definition) is 1. The molecule has 1 saturated heterocycles. The second-order valence-electron chi connectivity index (χ2n) is 5.47. The quantitative estimate of drug-likeness (QED) is 0.890. The molecule has 2 heterocycles. The number of amides is 1. The van der Waals surface area contributed by atoms with Crippen LogP contribution in [-0.2, 0) is 14.8 Å². The van der Waals surface area contributed by atoms with Crippen molar-refractivity contribution >= 4 is 15.9 Å². The molecule has 0 saturated carbocycles. The first kappa shape index (κ1) is 16.6. The van der Waals surface area contributed by atoms with Crippen molar-refractivity contribution in [2.24, 2.45) is 5.14 Å². The van der Waals surface area contributed by atoms with Crippen LogP contribution in [-0.4, -0.2) is 43.9 Å². The van der Waals surface area contributed by atoms with E-state index in [0.717, 1.165) is 5.56 Å². The van der Waals surface area contributed by atoms with Crippen molar-refractivity contribution in [3.63, 3.8) is 0 Å². The molecule has 2 N–H and O–H groups in total. The van der Waals surface area contributed by atoms with Crippen molar-refractivity contribution in [3.8, 4) is 0 Å². The summed E-state index contributed by atoms with van der Waals surface area (Å²) < 4.78 is 28.3. The summed E-state index contributed by atoms with van der Waals surface area (Å²) in [6.45, 7) is 1.33. The molecule has 1 aromatic carbocycles. The molecule has 0 bridgehead atoms. The largest absolute Gasteiger partial charge is 0.370 e. The Bertz CT molecular complexity index is 822. The molecule has 126 valence electrons. The van der Waals surface area contributed by atoms with Crippen LogP contribution in [0.25, 0.3) is 0 Å². The molecule has 2 aromatic rings. The highest BCUT2D eigenvalue weighted by molar-refractivity contribution is 7.89. The van der Waals surface area contributed by atoms with Gasteiger partial charge in [0.2, 0.25) is 10.0 Å². The van der Waals surface area contributed by atoms with Crippen LogP contribution < -0.4 is 5.14 Å². The Hall–Kier alpha value is -2.29. The van der Waals surface area contributed by atoms with Crippen LogP contribution in [0.15, 0.2) is 53.7 Å². The third kappa shape index (κ3) is 3.61. The summed E-state index contributed by atoms with van der Waals surface area (Å²) in [6, 6.07) is 9.34. The molecular formula is C16H17N3O4S. The average molecular weight is 347 g/mol. The van der Waals surface area contributed by atoms with E-state index in [1.807, 2.05) is 12.1 Å². The van der Waals surface area contributed by atoms with Crippen molar-refractivity contribution in [2.75, 3.05) is 19.7 Å². The number of carbonyl (C=O) groups excluding carboxylic acids is 1. The lowest BCUT2D eigenvalue weighted by Crippen LogP contribution is -2.42. The Labute approximate surface area is 140 Å². The first-order chi connectivity index (χ1) is 11.4. The van der Waals surface area contributed by atoms with Gasteiger partial charge in [-0.3, -0.25) is 9.78 Å². The molecule has 1 fully saturated rings. The number of rotatable bonds is 3. The Balaban J connectivity index is 1.75. The van der Waals surface area contributed by atoms with E-state index in [2.05, 4.69) is 4.98 Å². The standard InChI is InChI=1S/C16H17N3O4S/c17-24(21,22)14-5-3-12(4-6-14)16(20)19-8-9-23-15(11-19)13-2-1-7-18-10-13/h1-7,10,15H,8-9,11H2,(H2,17,21,22). The zero-order valence-corrected chi connectivity index (χ0v) is 13.6. The zero-order valence-electron chi connectivity index (χ0n) is 12.8. The number of primary sulfonamides is 1. The highest BCUT2D eigenvalue weighted by atomic mass is 32.2. The Morgan fingerprint density at radius 2 is 2.00 bits per heavy atom. The highest BCUT2D eigenvalue weighted by Crippen LogP contribution is 2.22. The summed E-state index contributed by atoms with van der Waals surface area (Å²) in [7, 11) is -3.77. The minimum absolute atomic E-state index is 0.0192. The van der Waals surface area contributed by atoms with E-state index in [1.165, 1.54) is 24.3 Å². The van der Waals surface area contributed by atoms with E-state index in [9.17, 15) is 13.2 Å². The highest BCUT2D eigenvalue weighted by Gasteiger charge is 2.26. The summed E-state index contributed by atoms with van der Waals surface area (Å²) in [6.07, 6.45) is 3.18. The molecular weight excluding hydrogens is 330 g/mol. The number of nitrogens with two attached hydrogens (primary N) is 1. The molecule has 8 heteroatoms. The zero-order chi connectivity index (χ0) is 17.2. The van der Waals surface area contributed by atoms with Gasteiger partial charge >= 0.3 is 0 Å². The second-order valence-corrected chi connectivity index (χ2v) is 7.03. The lowest BCUT2D eigenvalue weighted by molar-refractivity contribution is -0.0229. The minimum atomic E-state index is -3.77. The van der Waals surface area contributed by atoms with Gasteiger partial charge in [0.05, 0.1) is 18.0 Å². The van der Waals surface area contributed by atoms with E-state index in [-0.39, 0.29) is 16.9 Å². The van der Waals surface area contributed by atoms with Crippen molar-refractivity contribution in [1.82, 2.24) is 9.88 Å². The Morgan fingerprint density at radius 1 is 1.25 bits per heavy atom. The minimum Gasteiger partial charge on any atom is -0.370 e.